The van der Waals surface area contributed by atoms with Gasteiger partial charge in [0.1, 0.15) is 0 Å². The summed E-state index contributed by atoms with van der Waals surface area (Å²) in [7, 11) is 0. The number of benzene rings is 1. The zero-order chi connectivity index (χ0) is 19.9. The molecule has 0 N–H and O–H groups in total. The first kappa shape index (κ1) is 22.2. The molecule has 1 aliphatic carbocycles. The molecule has 0 unspecified atom stereocenters. The van der Waals surface area contributed by atoms with Gasteiger partial charge in [-0.3, -0.25) is 0 Å². The monoisotopic (exact) mass is 386 g/mol. The molecule has 154 valence electrons. The van der Waals surface area contributed by atoms with Crippen molar-refractivity contribution in [1.29, 1.82) is 0 Å². The number of hydrogen-bond donors (Lipinski definition) is 0. The van der Waals surface area contributed by atoms with Crippen molar-refractivity contribution < 1.29 is 17.6 Å². The molecule has 4 heteroatoms. The van der Waals surface area contributed by atoms with Crippen LogP contribution in [-0.4, -0.2) is 5.92 Å². The molecule has 1 aromatic rings. The topological polar surface area (TPSA) is 0 Å². The average Bonchev–Trinajstić information content (AvgIpc) is 2.64. The van der Waals surface area contributed by atoms with Gasteiger partial charge in [-0.1, -0.05) is 45.2 Å². The fourth-order valence-electron chi connectivity index (χ4n) is 4.32. The van der Waals surface area contributed by atoms with Gasteiger partial charge in [-0.25, -0.2) is 17.6 Å². The fourth-order valence-corrected chi connectivity index (χ4v) is 4.32. The number of hydrogen-bond acceptors (Lipinski definition) is 0. The molecule has 0 amide bonds. The zero-order valence-corrected chi connectivity index (χ0v) is 16.8. The van der Waals surface area contributed by atoms with E-state index in [1.165, 1.54) is 0 Å². The second kappa shape index (κ2) is 10.5. The molecule has 0 bridgehead atoms. The van der Waals surface area contributed by atoms with Crippen molar-refractivity contribution >= 4 is 0 Å². The smallest absolute Gasteiger partial charge is 0.207 e. The third kappa shape index (κ3) is 6.50. The minimum Gasteiger partial charge on any atom is -0.207 e. The molecule has 2 rings (SSSR count). The van der Waals surface area contributed by atoms with Crippen molar-refractivity contribution in [3.8, 4) is 0 Å². The molecular weight excluding hydrogens is 352 g/mol. The Balaban J connectivity index is 1.93. The van der Waals surface area contributed by atoms with E-state index in [4.69, 9.17) is 0 Å². The van der Waals surface area contributed by atoms with Gasteiger partial charge < -0.3 is 0 Å². The van der Waals surface area contributed by atoms with Crippen molar-refractivity contribution in [2.45, 2.75) is 103 Å². The van der Waals surface area contributed by atoms with Crippen LogP contribution in [0.25, 0.3) is 0 Å². The van der Waals surface area contributed by atoms with Crippen molar-refractivity contribution in [2.24, 2.45) is 5.92 Å². The standard InChI is InChI=1S/C23H34F4/c1-3-5-7-8-19-13-14-20(22(25)21(19)24)18-11-9-17(10-12-18)16-23(26,27)15-6-4-2/h13-14,17-18H,3-12,15-16H2,1-2H3. The minimum absolute atomic E-state index is 0.00525. The van der Waals surface area contributed by atoms with Crippen LogP contribution in [0.5, 0.6) is 0 Å². The van der Waals surface area contributed by atoms with Crippen LogP contribution in [0.2, 0.25) is 0 Å². The maximum atomic E-state index is 14.6. The Morgan fingerprint density at radius 3 is 2.19 bits per heavy atom. The Bertz CT molecular complexity index is 574. The van der Waals surface area contributed by atoms with E-state index in [-0.39, 0.29) is 24.7 Å². The van der Waals surface area contributed by atoms with E-state index in [0.717, 1.165) is 25.7 Å². The molecule has 0 heterocycles. The van der Waals surface area contributed by atoms with Crippen LogP contribution < -0.4 is 0 Å². The lowest BCUT2D eigenvalue weighted by Gasteiger charge is -2.31. The van der Waals surface area contributed by atoms with Crippen LogP contribution in [0.15, 0.2) is 12.1 Å². The number of halogens is 4. The second-order valence-electron chi connectivity index (χ2n) is 8.28. The highest BCUT2D eigenvalue weighted by Gasteiger charge is 2.34. The lowest BCUT2D eigenvalue weighted by atomic mass is 9.76. The van der Waals surface area contributed by atoms with Crippen molar-refractivity contribution in [1.82, 2.24) is 0 Å². The Morgan fingerprint density at radius 2 is 1.56 bits per heavy atom. The van der Waals surface area contributed by atoms with Gasteiger partial charge in [-0.15, -0.1) is 0 Å². The largest absolute Gasteiger partial charge is 0.248 e. The third-order valence-electron chi connectivity index (χ3n) is 6.01. The highest BCUT2D eigenvalue weighted by molar-refractivity contribution is 5.29. The van der Waals surface area contributed by atoms with E-state index in [2.05, 4.69) is 6.92 Å². The van der Waals surface area contributed by atoms with E-state index in [1.807, 2.05) is 6.92 Å². The van der Waals surface area contributed by atoms with E-state index < -0.39 is 17.6 Å². The summed E-state index contributed by atoms with van der Waals surface area (Å²) in [5, 5.41) is 0. The van der Waals surface area contributed by atoms with Crippen LogP contribution in [-0.2, 0) is 6.42 Å². The molecule has 0 aliphatic heterocycles. The van der Waals surface area contributed by atoms with Gasteiger partial charge in [0.2, 0.25) is 5.92 Å². The Morgan fingerprint density at radius 1 is 0.889 bits per heavy atom. The lowest BCUT2D eigenvalue weighted by Crippen LogP contribution is -2.24. The first-order valence-electron chi connectivity index (χ1n) is 10.7. The summed E-state index contributed by atoms with van der Waals surface area (Å²) >= 11 is 0. The summed E-state index contributed by atoms with van der Waals surface area (Å²) in [4.78, 5) is 0. The second-order valence-corrected chi connectivity index (χ2v) is 8.28. The summed E-state index contributed by atoms with van der Waals surface area (Å²) in [5.41, 5.74) is 0.886. The van der Waals surface area contributed by atoms with E-state index in [9.17, 15) is 17.6 Å². The number of alkyl halides is 2. The third-order valence-corrected chi connectivity index (χ3v) is 6.01. The SMILES string of the molecule is CCCCCc1ccc(C2CCC(CC(F)(F)CCCC)CC2)c(F)c1F. The molecule has 0 aromatic heterocycles. The minimum atomic E-state index is -2.59. The molecule has 0 nitrogen and oxygen atoms in total. The lowest BCUT2D eigenvalue weighted by molar-refractivity contribution is -0.0374. The first-order valence-corrected chi connectivity index (χ1v) is 10.7. The summed E-state index contributed by atoms with van der Waals surface area (Å²) in [6, 6.07) is 3.44. The highest BCUT2D eigenvalue weighted by atomic mass is 19.3. The first-order chi connectivity index (χ1) is 12.9. The molecule has 0 radical (unpaired) electrons. The molecule has 27 heavy (non-hydrogen) atoms. The maximum absolute atomic E-state index is 14.6. The van der Waals surface area contributed by atoms with E-state index in [1.54, 1.807) is 12.1 Å². The Labute approximate surface area is 161 Å². The molecule has 1 fully saturated rings. The van der Waals surface area contributed by atoms with Gasteiger partial charge in [-0.05, 0) is 67.9 Å². The summed E-state index contributed by atoms with van der Waals surface area (Å²) in [6.45, 7) is 4.00. The van der Waals surface area contributed by atoms with Gasteiger partial charge in [0, 0.05) is 12.8 Å². The zero-order valence-electron chi connectivity index (χ0n) is 16.8. The van der Waals surface area contributed by atoms with E-state index >= 15 is 0 Å². The molecule has 0 atom stereocenters. The molecule has 0 saturated heterocycles. The summed E-state index contributed by atoms with van der Waals surface area (Å²) in [5.74, 6) is -4.08. The summed E-state index contributed by atoms with van der Waals surface area (Å²) in [6.07, 6.45) is 7.39. The predicted octanol–water partition coefficient (Wildman–Crippen LogP) is 8.19. The van der Waals surface area contributed by atoms with Gasteiger partial charge in [0.25, 0.3) is 0 Å². The van der Waals surface area contributed by atoms with Crippen LogP contribution in [0.4, 0.5) is 17.6 Å². The van der Waals surface area contributed by atoms with E-state index in [0.29, 0.717) is 49.7 Å². The van der Waals surface area contributed by atoms with Crippen LogP contribution in [0, 0.1) is 17.6 Å². The van der Waals surface area contributed by atoms with Gasteiger partial charge in [-0.2, -0.15) is 0 Å². The van der Waals surface area contributed by atoms with Gasteiger partial charge >= 0.3 is 0 Å². The Hall–Kier alpha value is -1.06. The fraction of sp³-hybridized carbons (Fsp3) is 0.739. The molecule has 1 aliphatic rings. The van der Waals surface area contributed by atoms with Crippen molar-refractivity contribution in [3.05, 3.63) is 34.9 Å². The molecule has 1 saturated carbocycles. The van der Waals surface area contributed by atoms with Crippen molar-refractivity contribution in [2.75, 3.05) is 0 Å². The number of rotatable bonds is 10. The predicted molar refractivity (Wildman–Crippen MR) is 103 cm³/mol. The van der Waals surface area contributed by atoms with Gasteiger partial charge in [0.05, 0.1) is 0 Å². The average molecular weight is 387 g/mol. The number of unbranched alkanes of at least 4 members (excludes halogenated alkanes) is 3. The summed E-state index contributed by atoms with van der Waals surface area (Å²) < 4.78 is 56.9. The normalized spacial score (nSPS) is 20.8. The van der Waals surface area contributed by atoms with Crippen LogP contribution >= 0.6 is 0 Å². The Kier molecular flexibility index (Phi) is 8.62. The van der Waals surface area contributed by atoms with Crippen LogP contribution in [0.1, 0.15) is 102 Å². The molecule has 1 aromatic carbocycles. The van der Waals surface area contributed by atoms with Crippen molar-refractivity contribution in [3.63, 3.8) is 0 Å². The molecular formula is C23H34F4. The highest BCUT2D eigenvalue weighted by Crippen LogP contribution is 2.42. The quantitative estimate of drug-likeness (QED) is 0.281. The van der Waals surface area contributed by atoms with Gasteiger partial charge in [0.15, 0.2) is 11.6 Å². The van der Waals surface area contributed by atoms with Crippen LogP contribution in [0.3, 0.4) is 0 Å². The molecule has 0 spiro atoms. The number of aryl methyl sites for hydroxylation is 1. The maximum Gasteiger partial charge on any atom is 0.248 e.